The zero-order valence-corrected chi connectivity index (χ0v) is 17.3. The summed E-state index contributed by atoms with van der Waals surface area (Å²) in [5, 5.41) is 15.3. The van der Waals surface area contributed by atoms with Crippen molar-refractivity contribution in [3.63, 3.8) is 0 Å². The van der Waals surface area contributed by atoms with Crippen LogP contribution in [0, 0.1) is 18.3 Å². The maximum absolute atomic E-state index is 12.4. The minimum Gasteiger partial charge on any atom is -0.493 e. The first-order chi connectivity index (χ1) is 14.0. The minimum absolute atomic E-state index is 0.0302. The number of ether oxygens (including phenoxy) is 2. The number of rotatable bonds is 9. The third-order valence-electron chi connectivity index (χ3n) is 4.61. The fraction of sp³-hybridized carbons (Fsp3) is 0.304. The minimum atomic E-state index is -0.410. The van der Waals surface area contributed by atoms with Gasteiger partial charge in [0.1, 0.15) is 11.6 Å². The van der Waals surface area contributed by atoms with Gasteiger partial charge >= 0.3 is 0 Å². The normalized spacial score (nSPS) is 10.8. The fourth-order valence-electron chi connectivity index (χ4n) is 2.97. The number of amides is 1. The number of hydrogen-bond acceptors (Lipinski definition) is 5. The van der Waals surface area contributed by atoms with Crippen LogP contribution in [0.15, 0.2) is 48.2 Å². The lowest BCUT2D eigenvalue weighted by atomic mass is 10.1. The molecule has 0 aliphatic heterocycles. The summed E-state index contributed by atoms with van der Waals surface area (Å²) < 4.78 is 10.5. The van der Waals surface area contributed by atoms with E-state index >= 15 is 0 Å². The van der Waals surface area contributed by atoms with Gasteiger partial charge in [-0.15, -0.1) is 0 Å². The van der Waals surface area contributed by atoms with Crippen LogP contribution in [0.5, 0.6) is 11.5 Å². The monoisotopic (exact) mass is 393 g/mol. The van der Waals surface area contributed by atoms with E-state index in [0.717, 1.165) is 28.8 Å². The van der Waals surface area contributed by atoms with Gasteiger partial charge in [0.25, 0.3) is 5.91 Å². The summed E-state index contributed by atoms with van der Waals surface area (Å²) in [4.78, 5) is 12.4. The van der Waals surface area contributed by atoms with Gasteiger partial charge in [-0.05, 0) is 48.6 Å². The van der Waals surface area contributed by atoms with Gasteiger partial charge in [0.2, 0.25) is 0 Å². The van der Waals surface area contributed by atoms with Gasteiger partial charge in [-0.1, -0.05) is 31.2 Å². The van der Waals surface area contributed by atoms with Crippen molar-refractivity contribution in [3.8, 4) is 17.6 Å². The summed E-state index contributed by atoms with van der Waals surface area (Å²) >= 11 is 0. The summed E-state index contributed by atoms with van der Waals surface area (Å²) in [5.41, 5.74) is 4.15. The van der Waals surface area contributed by atoms with Gasteiger partial charge in [0.05, 0.1) is 14.2 Å². The topological polar surface area (TPSA) is 83.4 Å². The van der Waals surface area contributed by atoms with Gasteiger partial charge in [-0.3, -0.25) is 4.79 Å². The highest BCUT2D eigenvalue weighted by molar-refractivity contribution is 5.97. The lowest BCUT2D eigenvalue weighted by Gasteiger charge is -2.12. The van der Waals surface area contributed by atoms with Crippen LogP contribution in [0.3, 0.4) is 0 Å². The van der Waals surface area contributed by atoms with E-state index in [9.17, 15) is 10.1 Å². The lowest BCUT2D eigenvalue weighted by Crippen LogP contribution is -2.27. The molecule has 0 heterocycles. The van der Waals surface area contributed by atoms with Crippen molar-refractivity contribution in [2.75, 3.05) is 26.1 Å². The van der Waals surface area contributed by atoms with E-state index in [-0.39, 0.29) is 5.57 Å². The van der Waals surface area contributed by atoms with Crippen molar-refractivity contribution in [2.45, 2.75) is 26.7 Å². The Labute approximate surface area is 172 Å². The van der Waals surface area contributed by atoms with Crippen LogP contribution in [0.2, 0.25) is 0 Å². The SMILES string of the molecule is CCc1cccc(C)c1N/C=C(/C#N)C(=O)NCCc1ccc(OC)c(OC)c1. The van der Waals surface area contributed by atoms with Crippen molar-refractivity contribution in [1.29, 1.82) is 5.26 Å². The van der Waals surface area contributed by atoms with Crippen molar-refractivity contribution in [3.05, 3.63) is 64.9 Å². The lowest BCUT2D eigenvalue weighted by molar-refractivity contribution is -0.117. The molecule has 0 unspecified atom stereocenters. The van der Waals surface area contributed by atoms with E-state index in [1.54, 1.807) is 14.2 Å². The highest BCUT2D eigenvalue weighted by atomic mass is 16.5. The second-order valence-electron chi connectivity index (χ2n) is 6.47. The first-order valence-corrected chi connectivity index (χ1v) is 9.48. The Balaban J connectivity index is 1.99. The molecule has 0 aliphatic carbocycles. The van der Waals surface area contributed by atoms with Gasteiger partial charge in [0.15, 0.2) is 11.5 Å². The largest absolute Gasteiger partial charge is 0.493 e. The second-order valence-corrected chi connectivity index (χ2v) is 6.47. The molecule has 0 spiro atoms. The highest BCUT2D eigenvalue weighted by Crippen LogP contribution is 2.27. The molecule has 2 aromatic carbocycles. The number of nitrogens with zero attached hydrogens (tertiary/aromatic N) is 1. The van der Waals surface area contributed by atoms with E-state index in [1.165, 1.54) is 6.20 Å². The Morgan fingerprint density at radius 1 is 1.17 bits per heavy atom. The molecule has 0 atom stereocenters. The zero-order chi connectivity index (χ0) is 21.2. The Bertz CT molecular complexity index is 929. The van der Waals surface area contributed by atoms with E-state index in [2.05, 4.69) is 17.6 Å². The standard InChI is InChI=1S/C23H27N3O3/c1-5-18-8-6-7-16(2)22(18)26-15-19(14-24)23(27)25-12-11-17-9-10-20(28-3)21(13-17)29-4/h6-10,13,15,26H,5,11-12H2,1-4H3,(H,25,27)/b19-15-. The predicted molar refractivity (Wildman–Crippen MR) is 114 cm³/mol. The number of anilines is 1. The number of nitrogens with one attached hydrogen (secondary N) is 2. The van der Waals surface area contributed by atoms with Crippen molar-refractivity contribution >= 4 is 11.6 Å². The highest BCUT2D eigenvalue weighted by Gasteiger charge is 2.10. The van der Waals surface area contributed by atoms with Crippen molar-refractivity contribution < 1.29 is 14.3 Å². The first kappa shape index (κ1) is 21.8. The van der Waals surface area contributed by atoms with E-state index < -0.39 is 5.91 Å². The number of methoxy groups -OCH3 is 2. The van der Waals surface area contributed by atoms with Crippen molar-refractivity contribution in [2.24, 2.45) is 0 Å². The molecule has 2 rings (SSSR count). The average Bonchev–Trinajstić information content (AvgIpc) is 2.74. The average molecular weight is 393 g/mol. The summed E-state index contributed by atoms with van der Waals surface area (Å²) in [6.45, 7) is 4.46. The molecule has 6 heteroatoms. The summed E-state index contributed by atoms with van der Waals surface area (Å²) in [6.07, 6.45) is 2.93. The molecule has 0 radical (unpaired) electrons. The molecule has 0 saturated carbocycles. The molecule has 0 fully saturated rings. The van der Waals surface area contributed by atoms with Gasteiger partial charge in [0, 0.05) is 18.4 Å². The zero-order valence-electron chi connectivity index (χ0n) is 17.3. The molecule has 152 valence electrons. The molecule has 2 aromatic rings. The number of carbonyl (C=O) groups is 1. The Morgan fingerprint density at radius 3 is 2.59 bits per heavy atom. The van der Waals surface area contributed by atoms with Gasteiger partial charge in [-0.25, -0.2) is 0 Å². The van der Waals surface area contributed by atoms with E-state index in [0.29, 0.717) is 24.5 Å². The smallest absolute Gasteiger partial charge is 0.263 e. The molecule has 2 N–H and O–H groups in total. The van der Waals surface area contributed by atoms with Crippen LogP contribution in [-0.4, -0.2) is 26.7 Å². The third-order valence-corrected chi connectivity index (χ3v) is 4.61. The predicted octanol–water partition coefficient (Wildman–Crippen LogP) is 3.75. The van der Waals surface area contributed by atoms with E-state index in [1.807, 2.05) is 49.4 Å². The maximum Gasteiger partial charge on any atom is 0.263 e. The number of carbonyl (C=O) groups excluding carboxylic acids is 1. The molecule has 1 amide bonds. The number of para-hydroxylation sites is 1. The molecule has 0 saturated heterocycles. The number of benzene rings is 2. The Hall–Kier alpha value is -3.46. The number of aryl methyl sites for hydroxylation is 2. The first-order valence-electron chi connectivity index (χ1n) is 9.48. The number of hydrogen-bond donors (Lipinski definition) is 2. The molecule has 0 bridgehead atoms. The van der Waals surface area contributed by atoms with Gasteiger partial charge in [-0.2, -0.15) is 5.26 Å². The Kier molecular flexibility index (Phi) is 8.11. The maximum atomic E-state index is 12.4. The molecule has 6 nitrogen and oxygen atoms in total. The molecular formula is C23H27N3O3. The molecule has 0 aromatic heterocycles. The number of nitriles is 1. The Morgan fingerprint density at radius 2 is 1.93 bits per heavy atom. The molecule has 0 aliphatic rings. The third kappa shape index (κ3) is 5.76. The molecular weight excluding hydrogens is 366 g/mol. The fourth-order valence-corrected chi connectivity index (χ4v) is 2.97. The van der Waals surface area contributed by atoms with Crippen LogP contribution in [-0.2, 0) is 17.6 Å². The second kappa shape index (κ2) is 10.8. The summed E-state index contributed by atoms with van der Waals surface area (Å²) in [5.74, 6) is 0.888. The molecule has 29 heavy (non-hydrogen) atoms. The van der Waals surface area contributed by atoms with Crippen LogP contribution >= 0.6 is 0 Å². The van der Waals surface area contributed by atoms with Gasteiger partial charge < -0.3 is 20.1 Å². The van der Waals surface area contributed by atoms with Crippen LogP contribution in [0.1, 0.15) is 23.6 Å². The van der Waals surface area contributed by atoms with Crippen LogP contribution in [0.4, 0.5) is 5.69 Å². The van der Waals surface area contributed by atoms with Crippen molar-refractivity contribution in [1.82, 2.24) is 5.32 Å². The summed E-state index contributed by atoms with van der Waals surface area (Å²) in [7, 11) is 3.17. The van der Waals surface area contributed by atoms with Crippen LogP contribution < -0.4 is 20.1 Å². The van der Waals surface area contributed by atoms with E-state index in [4.69, 9.17) is 9.47 Å². The summed E-state index contributed by atoms with van der Waals surface area (Å²) in [6, 6.07) is 13.6. The quantitative estimate of drug-likeness (QED) is 0.501. The van der Waals surface area contributed by atoms with Crippen LogP contribution in [0.25, 0.3) is 0 Å².